The monoisotopic (exact) mass is 258 g/mol. The summed E-state index contributed by atoms with van der Waals surface area (Å²) in [6, 6.07) is 15.1. The minimum Gasteiger partial charge on any atom is -0.123 e. The number of rotatable bonds is 4. The van der Waals surface area contributed by atoms with E-state index in [0.717, 1.165) is 12.3 Å². The summed E-state index contributed by atoms with van der Waals surface area (Å²) in [7, 11) is 0. The quantitative estimate of drug-likeness (QED) is 0.663. The molecule has 0 heterocycles. The normalized spacial score (nSPS) is 17.6. The summed E-state index contributed by atoms with van der Waals surface area (Å²) in [5.41, 5.74) is 1.40. The van der Waals surface area contributed by atoms with Crippen LogP contribution in [0.4, 0.5) is 0 Å². The molecule has 18 heavy (non-hydrogen) atoms. The lowest BCUT2D eigenvalue weighted by Crippen LogP contribution is -2.17. The van der Waals surface area contributed by atoms with Crippen LogP contribution in [0.1, 0.15) is 31.2 Å². The predicted octanol–water partition coefficient (Wildman–Crippen LogP) is 5.18. The molecule has 0 aliphatic heterocycles. The molecule has 1 saturated carbocycles. The van der Waals surface area contributed by atoms with Crippen LogP contribution >= 0.6 is 11.6 Å². The largest absolute Gasteiger partial charge is 0.123 e. The summed E-state index contributed by atoms with van der Waals surface area (Å²) in [4.78, 5) is 0. The Hall–Kier alpha value is -1.01. The van der Waals surface area contributed by atoms with Gasteiger partial charge in [0.1, 0.15) is 0 Å². The Morgan fingerprint density at radius 3 is 2.61 bits per heavy atom. The van der Waals surface area contributed by atoms with Crippen molar-refractivity contribution in [3.8, 4) is 0 Å². The van der Waals surface area contributed by atoms with Gasteiger partial charge < -0.3 is 0 Å². The smallest absolute Gasteiger partial charge is 0.0379 e. The summed E-state index contributed by atoms with van der Waals surface area (Å²) in [5.74, 6) is 0.891. The average Bonchev–Trinajstić information content (AvgIpc) is 2.34. The second-order valence-corrected chi connectivity index (χ2v) is 6.09. The van der Waals surface area contributed by atoms with Crippen LogP contribution in [0.25, 0.3) is 10.8 Å². The van der Waals surface area contributed by atoms with Crippen molar-refractivity contribution in [1.82, 2.24) is 0 Å². The van der Waals surface area contributed by atoms with Crippen molar-refractivity contribution >= 4 is 22.4 Å². The fraction of sp³-hybridized carbons (Fsp3) is 0.412. The number of halogens is 1. The van der Waals surface area contributed by atoms with E-state index in [1.165, 1.54) is 42.0 Å². The van der Waals surface area contributed by atoms with Crippen molar-refractivity contribution in [3.05, 3.63) is 48.0 Å². The van der Waals surface area contributed by atoms with E-state index in [2.05, 4.69) is 42.5 Å². The van der Waals surface area contributed by atoms with Gasteiger partial charge >= 0.3 is 0 Å². The first-order chi connectivity index (χ1) is 8.83. The van der Waals surface area contributed by atoms with Gasteiger partial charge in [-0.2, -0.15) is 0 Å². The maximum absolute atomic E-state index is 6.52. The lowest BCUT2D eigenvalue weighted by molar-refractivity contribution is 0.292. The standard InChI is InChI=1S/C17H19Cl/c18-16(11-13-5-3-6-13)12-15-9-4-8-14-7-1-2-10-17(14)15/h1-2,4,7-10,13,16H,3,5-6,11-12H2. The minimum atomic E-state index is 0.293. The van der Waals surface area contributed by atoms with Gasteiger partial charge in [-0.25, -0.2) is 0 Å². The van der Waals surface area contributed by atoms with E-state index in [0.29, 0.717) is 5.38 Å². The molecule has 1 fully saturated rings. The zero-order valence-corrected chi connectivity index (χ0v) is 11.4. The molecule has 0 spiro atoms. The Kier molecular flexibility index (Phi) is 3.56. The van der Waals surface area contributed by atoms with Crippen LogP contribution in [0.5, 0.6) is 0 Å². The molecule has 0 saturated heterocycles. The first-order valence-corrected chi connectivity index (χ1v) is 7.37. The van der Waals surface area contributed by atoms with Gasteiger partial charge in [-0.3, -0.25) is 0 Å². The summed E-state index contributed by atoms with van der Waals surface area (Å²) in [6.45, 7) is 0. The van der Waals surface area contributed by atoms with Crippen LogP contribution < -0.4 is 0 Å². The van der Waals surface area contributed by atoms with Crippen molar-refractivity contribution < 1.29 is 0 Å². The number of fused-ring (bicyclic) bond motifs is 1. The van der Waals surface area contributed by atoms with Crippen LogP contribution in [-0.2, 0) is 6.42 Å². The molecule has 1 aliphatic rings. The van der Waals surface area contributed by atoms with E-state index in [4.69, 9.17) is 11.6 Å². The zero-order valence-electron chi connectivity index (χ0n) is 10.6. The zero-order chi connectivity index (χ0) is 12.4. The first kappa shape index (κ1) is 12.0. The third-order valence-corrected chi connectivity index (χ3v) is 4.47. The van der Waals surface area contributed by atoms with Crippen LogP contribution in [0.15, 0.2) is 42.5 Å². The highest BCUT2D eigenvalue weighted by Gasteiger charge is 2.21. The number of hydrogen-bond donors (Lipinski definition) is 0. The fourth-order valence-electron chi connectivity index (χ4n) is 2.88. The Labute approximate surface area is 114 Å². The van der Waals surface area contributed by atoms with Crippen molar-refractivity contribution in [1.29, 1.82) is 0 Å². The number of benzene rings is 2. The second-order valence-electron chi connectivity index (χ2n) is 5.47. The Balaban J connectivity index is 1.76. The highest BCUT2D eigenvalue weighted by atomic mass is 35.5. The highest BCUT2D eigenvalue weighted by Crippen LogP contribution is 2.33. The topological polar surface area (TPSA) is 0 Å². The predicted molar refractivity (Wildman–Crippen MR) is 79.3 cm³/mol. The SMILES string of the molecule is ClC(Cc1cccc2ccccc12)CC1CCC1. The van der Waals surface area contributed by atoms with Gasteiger partial charge in [-0.1, -0.05) is 61.7 Å². The molecule has 1 unspecified atom stereocenters. The Morgan fingerprint density at radius 1 is 1.06 bits per heavy atom. The van der Waals surface area contributed by atoms with Gasteiger partial charge in [0.2, 0.25) is 0 Å². The molecule has 2 aromatic rings. The molecule has 0 amide bonds. The van der Waals surface area contributed by atoms with Crippen LogP contribution in [0.2, 0.25) is 0 Å². The molecule has 94 valence electrons. The van der Waals surface area contributed by atoms with Crippen LogP contribution in [0, 0.1) is 5.92 Å². The number of hydrogen-bond acceptors (Lipinski definition) is 0. The second kappa shape index (κ2) is 5.32. The summed E-state index contributed by atoms with van der Waals surface area (Å²) in [6.07, 6.45) is 6.37. The molecule has 1 heteroatoms. The maximum Gasteiger partial charge on any atom is 0.0379 e. The van der Waals surface area contributed by atoms with Gasteiger partial charge in [0.15, 0.2) is 0 Å². The molecule has 0 bridgehead atoms. The van der Waals surface area contributed by atoms with Gasteiger partial charge in [0, 0.05) is 5.38 Å². The molecular weight excluding hydrogens is 240 g/mol. The summed E-state index contributed by atoms with van der Waals surface area (Å²) in [5, 5.41) is 2.97. The molecule has 0 aromatic heterocycles. The molecule has 0 nitrogen and oxygen atoms in total. The van der Waals surface area contributed by atoms with Gasteiger partial charge in [-0.15, -0.1) is 11.6 Å². The minimum absolute atomic E-state index is 0.293. The molecule has 1 atom stereocenters. The van der Waals surface area contributed by atoms with E-state index in [9.17, 15) is 0 Å². The fourth-order valence-corrected chi connectivity index (χ4v) is 3.30. The van der Waals surface area contributed by atoms with Crippen molar-refractivity contribution in [2.45, 2.75) is 37.5 Å². The summed E-state index contributed by atoms with van der Waals surface area (Å²) < 4.78 is 0. The number of alkyl halides is 1. The molecule has 1 aliphatic carbocycles. The Morgan fingerprint density at radius 2 is 1.83 bits per heavy atom. The lowest BCUT2D eigenvalue weighted by atomic mass is 9.81. The van der Waals surface area contributed by atoms with Crippen molar-refractivity contribution in [3.63, 3.8) is 0 Å². The Bertz CT molecular complexity index is 523. The highest BCUT2D eigenvalue weighted by molar-refractivity contribution is 6.20. The first-order valence-electron chi connectivity index (χ1n) is 6.93. The van der Waals surface area contributed by atoms with E-state index in [-0.39, 0.29) is 0 Å². The third kappa shape index (κ3) is 2.54. The average molecular weight is 259 g/mol. The van der Waals surface area contributed by atoms with Crippen LogP contribution in [0.3, 0.4) is 0 Å². The molecule has 0 N–H and O–H groups in total. The molecule has 0 radical (unpaired) electrons. The lowest BCUT2D eigenvalue weighted by Gasteiger charge is -2.27. The van der Waals surface area contributed by atoms with Gasteiger partial charge in [-0.05, 0) is 35.1 Å². The van der Waals surface area contributed by atoms with Crippen LogP contribution in [-0.4, -0.2) is 5.38 Å². The van der Waals surface area contributed by atoms with E-state index in [1.54, 1.807) is 0 Å². The molecule has 2 aromatic carbocycles. The molecule has 3 rings (SSSR count). The maximum atomic E-state index is 6.52. The van der Waals surface area contributed by atoms with Crippen molar-refractivity contribution in [2.75, 3.05) is 0 Å². The van der Waals surface area contributed by atoms with Gasteiger partial charge in [0.05, 0.1) is 0 Å². The van der Waals surface area contributed by atoms with E-state index < -0.39 is 0 Å². The van der Waals surface area contributed by atoms with E-state index >= 15 is 0 Å². The third-order valence-electron chi connectivity index (χ3n) is 4.14. The molecular formula is C17H19Cl. The van der Waals surface area contributed by atoms with Crippen molar-refractivity contribution in [2.24, 2.45) is 5.92 Å². The summed E-state index contributed by atoms with van der Waals surface area (Å²) >= 11 is 6.52. The van der Waals surface area contributed by atoms with Gasteiger partial charge in [0.25, 0.3) is 0 Å². The van der Waals surface area contributed by atoms with E-state index in [1.807, 2.05) is 0 Å².